The lowest BCUT2D eigenvalue weighted by Gasteiger charge is -2.27. The number of nitrogens with one attached hydrogen (secondary N) is 1. The lowest BCUT2D eigenvalue weighted by molar-refractivity contribution is 0.0958. The first-order valence-electron chi connectivity index (χ1n) is 6.98. The van der Waals surface area contributed by atoms with Crippen molar-refractivity contribution in [1.82, 2.24) is 15.1 Å². The molecule has 0 aliphatic carbocycles. The number of benzene rings is 1. The van der Waals surface area contributed by atoms with Crippen molar-refractivity contribution < 1.29 is 4.74 Å². The fraction of sp³-hybridized carbons (Fsp3) is 0.438. The third-order valence-electron chi connectivity index (χ3n) is 3.91. The Labute approximate surface area is 119 Å². The quantitative estimate of drug-likeness (QED) is 0.933. The maximum absolute atomic E-state index is 6.05. The fourth-order valence-corrected chi connectivity index (χ4v) is 2.92. The average molecular weight is 271 g/mol. The summed E-state index contributed by atoms with van der Waals surface area (Å²) in [6.07, 6.45) is 2.07. The van der Waals surface area contributed by atoms with Gasteiger partial charge in [0.05, 0.1) is 11.7 Å². The van der Waals surface area contributed by atoms with Crippen molar-refractivity contribution in [1.29, 1.82) is 0 Å². The predicted octanol–water partition coefficient (Wildman–Crippen LogP) is 2.73. The van der Waals surface area contributed by atoms with Crippen LogP contribution in [-0.4, -0.2) is 15.4 Å². The molecule has 0 amide bonds. The summed E-state index contributed by atoms with van der Waals surface area (Å²) in [5, 5.41) is 8.00. The number of fused-ring (bicyclic) bond motifs is 1. The SMILES string of the molecule is Cc1nn(C)cc1CNC1c2ccccc2OC1(C)C. The van der Waals surface area contributed by atoms with Crippen molar-refractivity contribution in [2.75, 3.05) is 0 Å². The van der Waals surface area contributed by atoms with Gasteiger partial charge < -0.3 is 10.1 Å². The fourth-order valence-electron chi connectivity index (χ4n) is 2.92. The van der Waals surface area contributed by atoms with Gasteiger partial charge in [-0.05, 0) is 26.8 Å². The van der Waals surface area contributed by atoms with Crippen molar-refractivity contribution in [3.05, 3.63) is 47.3 Å². The summed E-state index contributed by atoms with van der Waals surface area (Å²) in [4.78, 5) is 0. The lowest BCUT2D eigenvalue weighted by atomic mass is 9.94. The molecule has 1 N–H and O–H groups in total. The molecule has 106 valence electrons. The Bertz CT molecular complexity index is 630. The molecule has 1 atom stereocenters. The van der Waals surface area contributed by atoms with Gasteiger partial charge in [-0.1, -0.05) is 18.2 Å². The van der Waals surface area contributed by atoms with Gasteiger partial charge in [0.2, 0.25) is 0 Å². The van der Waals surface area contributed by atoms with E-state index in [-0.39, 0.29) is 11.6 Å². The highest BCUT2D eigenvalue weighted by Gasteiger charge is 2.40. The predicted molar refractivity (Wildman–Crippen MR) is 78.7 cm³/mol. The molecule has 0 bridgehead atoms. The molecule has 3 rings (SSSR count). The van der Waals surface area contributed by atoms with Crippen molar-refractivity contribution in [3.8, 4) is 5.75 Å². The van der Waals surface area contributed by atoms with Crippen molar-refractivity contribution in [2.45, 2.75) is 39.0 Å². The summed E-state index contributed by atoms with van der Waals surface area (Å²) < 4.78 is 7.91. The molecule has 0 radical (unpaired) electrons. The summed E-state index contributed by atoms with van der Waals surface area (Å²) in [5.41, 5.74) is 3.30. The van der Waals surface area contributed by atoms with E-state index in [9.17, 15) is 0 Å². The van der Waals surface area contributed by atoms with Crippen LogP contribution >= 0.6 is 0 Å². The van der Waals surface area contributed by atoms with E-state index >= 15 is 0 Å². The first kappa shape index (κ1) is 13.2. The van der Waals surface area contributed by atoms with E-state index in [2.05, 4.69) is 42.6 Å². The van der Waals surface area contributed by atoms with Crippen LogP contribution < -0.4 is 10.1 Å². The molecule has 1 aromatic heterocycles. The maximum Gasteiger partial charge on any atom is 0.125 e. The Morgan fingerprint density at radius 1 is 1.35 bits per heavy atom. The van der Waals surface area contributed by atoms with Gasteiger partial charge in [0, 0.05) is 30.9 Å². The smallest absolute Gasteiger partial charge is 0.125 e. The Morgan fingerprint density at radius 3 is 2.80 bits per heavy atom. The highest BCUT2D eigenvalue weighted by atomic mass is 16.5. The Morgan fingerprint density at radius 2 is 2.10 bits per heavy atom. The zero-order chi connectivity index (χ0) is 14.3. The molecular formula is C16H21N3O. The van der Waals surface area contributed by atoms with Gasteiger partial charge in [-0.3, -0.25) is 4.68 Å². The second kappa shape index (κ2) is 4.63. The van der Waals surface area contributed by atoms with E-state index in [0.29, 0.717) is 0 Å². The molecule has 1 unspecified atom stereocenters. The molecular weight excluding hydrogens is 250 g/mol. The van der Waals surface area contributed by atoms with E-state index in [1.54, 1.807) is 0 Å². The number of rotatable bonds is 3. The summed E-state index contributed by atoms with van der Waals surface area (Å²) >= 11 is 0. The summed E-state index contributed by atoms with van der Waals surface area (Å²) in [6, 6.07) is 8.44. The molecule has 1 aromatic carbocycles. The van der Waals surface area contributed by atoms with Crippen LogP contribution in [0.2, 0.25) is 0 Å². The van der Waals surface area contributed by atoms with Crippen molar-refractivity contribution in [2.24, 2.45) is 7.05 Å². The van der Waals surface area contributed by atoms with Gasteiger partial charge in [0.25, 0.3) is 0 Å². The molecule has 0 saturated heterocycles. The summed E-state index contributed by atoms with van der Waals surface area (Å²) in [5.74, 6) is 0.984. The average Bonchev–Trinajstić information content (AvgIpc) is 2.82. The van der Waals surface area contributed by atoms with Gasteiger partial charge in [-0.25, -0.2) is 0 Å². The first-order valence-corrected chi connectivity index (χ1v) is 6.98. The molecule has 20 heavy (non-hydrogen) atoms. The minimum atomic E-state index is -0.236. The minimum absolute atomic E-state index is 0.193. The monoisotopic (exact) mass is 271 g/mol. The van der Waals surface area contributed by atoms with Gasteiger partial charge in [0.1, 0.15) is 11.4 Å². The number of hydrogen-bond acceptors (Lipinski definition) is 3. The molecule has 0 fully saturated rings. The van der Waals surface area contributed by atoms with E-state index in [1.807, 2.05) is 30.8 Å². The summed E-state index contributed by atoms with van der Waals surface area (Å²) in [7, 11) is 1.95. The van der Waals surface area contributed by atoms with Crippen LogP contribution in [0.25, 0.3) is 0 Å². The van der Waals surface area contributed by atoms with Crippen LogP contribution in [0, 0.1) is 6.92 Å². The molecule has 2 aromatic rings. The third kappa shape index (κ3) is 2.20. The van der Waals surface area contributed by atoms with E-state index in [1.165, 1.54) is 11.1 Å². The second-order valence-corrected chi connectivity index (χ2v) is 5.97. The number of para-hydroxylation sites is 1. The topological polar surface area (TPSA) is 39.1 Å². The normalized spacial score (nSPS) is 19.7. The number of hydrogen-bond donors (Lipinski definition) is 1. The number of aromatic nitrogens is 2. The highest BCUT2D eigenvalue weighted by molar-refractivity contribution is 5.42. The lowest BCUT2D eigenvalue weighted by Crippen LogP contribution is -2.38. The van der Waals surface area contributed by atoms with E-state index in [4.69, 9.17) is 4.74 Å². The standard InChI is InChI=1S/C16H21N3O/c1-11-12(10-19(4)18-11)9-17-15-13-7-5-6-8-14(13)20-16(15,2)3/h5-8,10,15,17H,9H2,1-4H3. The Kier molecular flexibility index (Phi) is 3.05. The van der Waals surface area contributed by atoms with Crippen LogP contribution in [0.4, 0.5) is 0 Å². The number of nitrogens with zero attached hydrogens (tertiary/aromatic N) is 2. The zero-order valence-electron chi connectivity index (χ0n) is 12.5. The second-order valence-electron chi connectivity index (χ2n) is 5.97. The zero-order valence-corrected chi connectivity index (χ0v) is 12.5. The molecule has 4 nitrogen and oxygen atoms in total. The Balaban J connectivity index is 1.81. The van der Waals surface area contributed by atoms with Gasteiger partial charge in [-0.2, -0.15) is 5.10 Å². The number of ether oxygens (including phenoxy) is 1. The van der Waals surface area contributed by atoms with Crippen LogP contribution in [0.1, 0.15) is 36.7 Å². The van der Waals surface area contributed by atoms with Gasteiger partial charge >= 0.3 is 0 Å². The van der Waals surface area contributed by atoms with Gasteiger partial charge in [0.15, 0.2) is 0 Å². The minimum Gasteiger partial charge on any atom is -0.486 e. The Hall–Kier alpha value is -1.81. The van der Waals surface area contributed by atoms with Crippen LogP contribution in [-0.2, 0) is 13.6 Å². The highest BCUT2D eigenvalue weighted by Crippen LogP contribution is 2.42. The third-order valence-corrected chi connectivity index (χ3v) is 3.91. The van der Waals surface area contributed by atoms with Gasteiger partial charge in [-0.15, -0.1) is 0 Å². The molecule has 0 spiro atoms. The van der Waals surface area contributed by atoms with Crippen LogP contribution in [0.3, 0.4) is 0 Å². The number of aryl methyl sites for hydroxylation is 2. The van der Waals surface area contributed by atoms with Crippen molar-refractivity contribution in [3.63, 3.8) is 0 Å². The summed E-state index contributed by atoms with van der Waals surface area (Å²) in [6.45, 7) is 7.09. The van der Waals surface area contributed by atoms with Crippen molar-refractivity contribution >= 4 is 0 Å². The molecule has 1 aliphatic rings. The maximum atomic E-state index is 6.05. The molecule has 4 heteroatoms. The molecule has 2 heterocycles. The first-order chi connectivity index (χ1) is 9.47. The van der Waals surface area contributed by atoms with Crippen LogP contribution in [0.5, 0.6) is 5.75 Å². The van der Waals surface area contributed by atoms with E-state index < -0.39 is 0 Å². The molecule has 1 aliphatic heterocycles. The molecule has 0 saturated carbocycles. The van der Waals surface area contributed by atoms with E-state index in [0.717, 1.165) is 18.0 Å². The van der Waals surface area contributed by atoms with Crippen LogP contribution in [0.15, 0.2) is 30.5 Å². The largest absolute Gasteiger partial charge is 0.486 e.